The van der Waals surface area contributed by atoms with E-state index in [1.165, 1.54) is 37.9 Å². The highest BCUT2D eigenvalue weighted by atomic mass is 16.5. The number of aliphatic imine (C=N–C) groups is 1. The molecule has 0 aliphatic carbocycles. The van der Waals surface area contributed by atoms with Crippen LogP contribution in [0, 0.1) is 5.92 Å². The van der Waals surface area contributed by atoms with Crippen molar-refractivity contribution in [2.24, 2.45) is 10.9 Å². The Morgan fingerprint density at radius 3 is 2.86 bits per heavy atom. The number of amidine groups is 1. The van der Waals surface area contributed by atoms with Crippen LogP contribution in [0.1, 0.15) is 52.4 Å². The van der Waals surface area contributed by atoms with Gasteiger partial charge in [-0.1, -0.05) is 32.6 Å². The molecule has 0 radical (unpaired) electrons. The lowest BCUT2D eigenvalue weighted by molar-refractivity contribution is -0.143. The number of ether oxygens (including phenoxy) is 1. The van der Waals surface area contributed by atoms with Gasteiger partial charge in [0.15, 0.2) is 0 Å². The molecule has 0 saturated carbocycles. The minimum absolute atomic E-state index is 0.284. The minimum atomic E-state index is -0.800. The van der Waals surface area contributed by atoms with E-state index in [0.29, 0.717) is 6.61 Å². The molecule has 1 rings (SSSR count). The van der Waals surface area contributed by atoms with Crippen LogP contribution in [-0.4, -0.2) is 54.7 Å². The van der Waals surface area contributed by atoms with Gasteiger partial charge >= 0.3 is 5.97 Å². The quantitative estimate of drug-likeness (QED) is 0.563. The summed E-state index contributed by atoms with van der Waals surface area (Å²) >= 11 is 0. The van der Waals surface area contributed by atoms with Crippen molar-refractivity contribution in [1.29, 1.82) is 0 Å². The Morgan fingerprint density at radius 2 is 2.14 bits per heavy atom. The number of unbranched alkanes of at least 4 members (excludes halogenated alkanes) is 4. The molecule has 1 heterocycles. The average molecular weight is 298 g/mol. The molecule has 1 unspecified atom stereocenters. The summed E-state index contributed by atoms with van der Waals surface area (Å²) in [5, 5.41) is 8.78. The molecule has 0 aromatic heterocycles. The van der Waals surface area contributed by atoms with Crippen molar-refractivity contribution in [3.63, 3.8) is 0 Å². The molecular weight excluding hydrogens is 268 g/mol. The molecule has 0 bridgehead atoms. The van der Waals surface area contributed by atoms with Crippen molar-refractivity contribution in [3.8, 4) is 0 Å². The summed E-state index contributed by atoms with van der Waals surface area (Å²) in [6.07, 6.45) is 7.49. The summed E-state index contributed by atoms with van der Waals surface area (Å²) < 4.78 is 5.45. The summed E-state index contributed by atoms with van der Waals surface area (Å²) in [4.78, 5) is 17.5. The number of carboxylic acids is 1. The van der Waals surface area contributed by atoms with Crippen molar-refractivity contribution in [2.45, 2.75) is 52.4 Å². The summed E-state index contributed by atoms with van der Waals surface area (Å²) in [5.74, 6) is -0.0258. The second-order valence-electron chi connectivity index (χ2n) is 5.76. The van der Waals surface area contributed by atoms with Crippen LogP contribution in [0.2, 0.25) is 0 Å². The highest BCUT2D eigenvalue weighted by Gasteiger charge is 2.16. The van der Waals surface area contributed by atoms with E-state index in [1.807, 2.05) is 0 Å². The first-order valence-corrected chi connectivity index (χ1v) is 8.24. The average Bonchev–Trinajstić information content (AvgIpc) is 2.90. The SMILES string of the molecule is CCCCCCCC1=NCCN1CCOCC(C)C(=O)O. The molecule has 0 fully saturated rings. The molecule has 0 aromatic carbocycles. The van der Waals surface area contributed by atoms with Crippen molar-refractivity contribution in [1.82, 2.24) is 4.90 Å². The summed E-state index contributed by atoms with van der Waals surface area (Å²) in [7, 11) is 0. The van der Waals surface area contributed by atoms with Gasteiger partial charge in [0, 0.05) is 19.5 Å². The number of rotatable bonds is 12. The molecule has 122 valence electrons. The van der Waals surface area contributed by atoms with Crippen LogP contribution in [0.4, 0.5) is 0 Å². The number of carboxylic acid groups (broad SMARTS) is 1. The molecule has 0 amide bonds. The third-order valence-corrected chi connectivity index (χ3v) is 3.83. The minimum Gasteiger partial charge on any atom is -0.481 e. The van der Waals surface area contributed by atoms with Crippen LogP contribution in [-0.2, 0) is 9.53 Å². The standard InChI is InChI=1S/C16H30N2O3/c1-3-4-5-6-7-8-15-17-9-10-18(15)11-12-21-13-14(2)16(19)20/h14H,3-13H2,1-2H3,(H,19,20). The maximum Gasteiger partial charge on any atom is 0.308 e. The van der Waals surface area contributed by atoms with Crippen molar-refractivity contribution < 1.29 is 14.6 Å². The Kier molecular flexibility index (Phi) is 9.06. The zero-order valence-electron chi connectivity index (χ0n) is 13.5. The summed E-state index contributed by atoms with van der Waals surface area (Å²) in [6.45, 7) is 7.44. The lowest BCUT2D eigenvalue weighted by atomic mass is 10.1. The van der Waals surface area contributed by atoms with Gasteiger partial charge in [-0.3, -0.25) is 9.79 Å². The zero-order valence-corrected chi connectivity index (χ0v) is 13.5. The van der Waals surface area contributed by atoms with Gasteiger partial charge in [0.1, 0.15) is 0 Å². The largest absolute Gasteiger partial charge is 0.481 e. The van der Waals surface area contributed by atoms with E-state index in [4.69, 9.17) is 9.84 Å². The van der Waals surface area contributed by atoms with Gasteiger partial charge in [-0.25, -0.2) is 0 Å². The normalized spacial score (nSPS) is 16.1. The van der Waals surface area contributed by atoms with E-state index in [2.05, 4.69) is 16.8 Å². The lowest BCUT2D eigenvalue weighted by Crippen LogP contribution is -2.31. The van der Waals surface area contributed by atoms with E-state index in [-0.39, 0.29) is 6.61 Å². The Morgan fingerprint density at radius 1 is 1.38 bits per heavy atom. The molecule has 21 heavy (non-hydrogen) atoms. The molecule has 5 heteroatoms. The van der Waals surface area contributed by atoms with Gasteiger partial charge in [0.2, 0.25) is 0 Å². The van der Waals surface area contributed by atoms with Crippen LogP contribution in [0.25, 0.3) is 0 Å². The van der Waals surface area contributed by atoms with E-state index in [9.17, 15) is 4.79 Å². The van der Waals surface area contributed by atoms with Crippen molar-refractivity contribution in [2.75, 3.05) is 32.8 Å². The van der Waals surface area contributed by atoms with E-state index >= 15 is 0 Å². The molecule has 5 nitrogen and oxygen atoms in total. The fraction of sp³-hybridized carbons (Fsp3) is 0.875. The van der Waals surface area contributed by atoms with Gasteiger partial charge in [0.25, 0.3) is 0 Å². The van der Waals surface area contributed by atoms with Gasteiger partial charge in [-0.2, -0.15) is 0 Å². The van der Waals surface area contributed by atoms with Crippen LogP contribution in [0.5, 0.6) is 0 Å². The molecule has 1 N–H and O–H groups in total. The monoisotopic (exact) mass is 298 g/mol. The van der Waals surface area contributed by atoms with Gasteiger partial charge in [-0.15, -0.1) is 0 Å². The van der Waals surface area contributed by atoms with E-state index in [0.717, 1.165) is 26.1 Å². The molecule has 1 atom stereocenters. The number of carbonyl (C=O) groups is 1. The van der Waals surface area contributed by atoms with Crippen LogP contribution >= 0.6 is 0 Å². The highest BCUT2D eigenvalue weighted by molar-refractivity contribution is 5.83. The molecule has 1 aliphatic heterocycles. The van der Waals surface area contributed by atoms with Crippen molar-refractivity contribution in [3.05, 3.63) is 0 Å². The fourth-order valence-electron chi connectivity index (χ4n) is 2.40. The van der Waals surface area contributed by atoms with Crippen molar-refractivity contribution >= 4 is 11.8 Å². The first kappa shape index (κ1) is 18.0. The topological polar surface area (TPSA) is 62.1 Å². The second kappa shape index (κ2) is 10.6. The highest BCUT2D eigenvalue weighted by Crippen LogP contribution is 2.11. The summed E-state index contributed by atoms with van der Waals surface area (Å²) in [6, 6.07) is 0. The molecular formula is C16H30N2O3. The Balaban J connectivity index is 2.11. The number of nitrogens with zero attached hydrogens (tertiary/aromatic N) is 2. The van der Waals surface area contributed by atoms with Gasteiger partial charge in [0.05, 0.1) is 31.5 Å². The van der Waals surface area contributed by atoms with Crippen LogP contribution < -0.4 is 0 Å². The summed E-state index contributed by atoms with van der Waals surface area (Å²) in [5.41, 5.74) is 0. The lowest BCUT2D eigenvalue weighted by Gasteiger charge is -2.20. The second-order valence-corrected chi connectivity index (χ2v) is 5.76. The maximum atomic E-state index is 10.7. The third-order valence-electron chi connectivity index (χ3n) is 3.83. The van der Waals surface area contributed by atoms with E-state index in [1.54, 1.807) is 6.92 Å². The molecule has 0 saturated heterocycles. The third kappa shape index (κ3) is 7.46. The fourth-order valence-corrected chi connectivity index (χ4v) is 2.40. The number of hydrogen-bond acceptors (Lipinski definition) is 4. The molecule has 0 aromatic rings. The first-order valence-electron chi connectivity index (χ1n) is 8.24. The predicted octanol–water partition coefficient (Wildman–Crippen LogP) is 2.80. The van der Waals surface area contributed by atoms with E-state index < -0.39 is 11.9 Å². The van der Waals surface area contributed by atoms with Crippen LogP contribution in [0.3, 0.4) is 0 Å². The Bertz CT molecular complexity index is 331. The predicted molar refractivity (Wildman–Crippen MR) is 84.9 cm³/mol. The number of hydrogen-bond donors (Lipinski definition) is 1. The Labute approximate surface area is 128 Å². The van der Waals surface area contributed by atoms with Gasteiger partial charge in [-0.05, 0) is 13.3 Å². The first-order chi connectivity index (χ1) is 10.1. The molecule has 1 aliphatic rings. The zero-order chi connectivity index (χ0) is 15.5. The Hall–Kier alpha value is -1.10. The smallest absolute Gasteiger partial charge is 0.308 e. The number of aliphatic carboxylic acids is 1. The van der Waals surface area contributed by atoms with Crippen LogP contribution in [0.15, 0.2) is 4.99 Å². The van der Waals surface area contributed by atoms with Gasteiger partial charge < -0.3 is 14.7 Å². The maximum absolute atomic E-state index is 10.7. The molecule has 0 spiro atoms.